The van der Waals surface area contributed by atoms with E-state index in [0.717, 1.165) is 62.2 Å². The molecule has 0 aromatic heterocycles. The first-order valence-electron chi connectivity index (χ1n) is 15.1. The van der Waals surface area contributed by atoms with Crippen LogP contribution in [0, 0.1) is 6.92 Å². The van der Waals surface area contributed by atoms with Crippen LogP contribution in [0.1, 0.15) is 77.7 Å². The van der Waals surface area contributed by atoms with Gasteiger partial charge in [0, 0.05) is 52.9 Å². The number of nitrogens with zero attached hydrogens (tertiary/aromatic N) is 1. The molecule has 4 aromatic rings. The molecule has 8 heteroatoms. The fourth-order valence-corrected chi connectivity index (χ4v) is 6.14. The molecule has 1 N–H and O–H groups in total. The Morgan fingerprint density at radius 1 is 0.818 bits per heavy atom. The van der Waals surface area contributed by atoms with Gasteiger partial charge >= 0.3 is 12.1 Å². The fourth-order valence-electron chi connectivity index (χ4n) is 6.14. The second-order valence-corrected chi connectivity index (χ2v) is 11.5. The Morgan fingerprint density at radius 3 is 2.27 bits per heavy atom. The monoisotopic (exact) mass is 600 g/mol. The van der Waals surface area contributed by atoms with Gasteiger partial charge in [0.15, 0.2) is 5.60 Å². The number of benzene rings is 4. The lowest BCUT2D eigenvalue weighted by Gasteiger charge is -2.38. The van der Waals surface area contributed by atoms with Crippen molar-refractivity contribution < 1.29 is 27.4 Å². The lowest BCUT2D eigenvalue weighted by Crippen LogP contribution is -2.33. The van der Waals surface area contributed by atoms with E-state index in [0.29, 0.717) is 45.1 Å². The number of halogens is 3. The molecule has 0 amide bonds. The zero-order valence-electron chi connectivity index (χ0n) is 25.1. The van der Waals surface area contributed by atoms with E-state index in [1.807, 2.05) is 43.3 Å². The fraction of sp³-hybridized carbons (Fsp3) is 0.306. The summed E-state index contributed by atoms with van der Waals surface area (Å²) < 4.78 is 53.2. The van der Waals surface area contributed by atoms with Crippen LogP contribution in [-0.4, -0.2) is 19.1 Å². The number of unbranched alkanes of at least 4 members (excludes halogenated alkanes) is 2. The van der Waals surface area contributed by atoms with Crippen molar-refractivity contribution in [1.82, 2.24) is 0 Å². The number of carbonyl (C=O) groups is 1. The van der Waals surface area contributed by atoms with Gasteiger partial charge in [0.2, 0.25) is 0 Å². The average molecular weight is 601 g/mol. The number of hydrogen-bond acceptors (Lipinski definition) is 5. The number of alkyl halides is 3. The Morgan fingerprint density at radius 2 is 1.55 bits per heavy atom. The van der Waals surface area contributed by atoms with Gasteiger partial charge in [0.1, 0.15) is 11.5 Å². The molecule has 1 atom stereocenters. The molecule has 1 spiro atoms. The zero-order chi connectivity index (χ0) is 31.1. The zero-order valence-corrected chi connectivity index (χ0v) is 25.1. The van der Waals surface area contributed by atoms with E-state index in [-0.39, 0.29) is 0 Å². The Hall–Kier alpha value is -4.46. The van der Waals surface area contributed by atoms with Crippen LogP contribution < -0.4 is 15.0 Å². The molecule has 2 aliphatic rings. The largest absolute Gasteiger partial charge is 0.456 e. The number of fused-ring (bicyclic) bond motifs is 6. The number of hydrogen-bond donors (Lipinski definition) is 1. The highest BCUT2D eigenvalue weighted by molar-refractivity contribution is 5.97. The van der Waals surface area contributed by atoms with Crippen LogP contribution in [0.3, 0.4) is 0 Å². The van der Waals surface area contributed by atoms with Gasteiger partial charge in [0.05, 0.1) is 11.1 Å². The topological polar surface area (TPSA) is 50.8 Å². The second-order valence-electron chi connectivity index (χ2n) is 11.5. The Kier molecular flexibility index (Phi) is 7.78. The molecule has 44 heavy (non-hydrogen) atoms. The van der Waals surface area contributed by atoms with Gasteiger partial charge in [-0.25, -0.2) is 4.79 Å². The maximum absolute atomic E-state index is 13.4. The van der Waals surface area contributed by atoms with Gasteiger partial charge in [-0.2, -0.15) is 13.2 Å². The summed E-state index contributed by atoms with van der Waals surface area (Å²) in [5.74, 6) is 0.694. The van der Waals surface area contributed by atoms with Crippen LogP contribution in [0.15, 0.2) is 78.9 Å². The van der Waals surface area contributed by atoms with Crippen molar-refractivity contribution in [2.45, 2.75) is 58.2 Å². The van der Waals surface area contributed by atoms with Crippen molar-refractivity contribution >= 4 is 23.0 Å². The first-order valence-corrected chi connectivity index (χ1v) is 15.1. The standard InChI is InChI=1S/C36H35F3N2O3/c1-4-6-17-41(18-7-5-2)26-15-16-29-33(21-26)43-32-19-23(3)31(40-25-12-10-11-24(20-25)36(37,38)39)22-30(32)35(29)28-14-9-8-13-27(28)34(42)44-35/h8-16,19-22,40H,4-7,17-18H2,1-3H3. The number of esters is 1. The maximum atomic E-state index is 13.4. The molecule has 6 rings (SSSR count). The van der Waals surface area contributed by atoms with Crippen molar-refractivity contribution in [2.75, 3.05) is 23.3 Å². The van der Waals surface area contributed by atoms with E-state index in [1.165, 1.54) is 6.07 Å². The summed E-state index contributed by atoms with van der Waals surface area (Å²) in [6.07, 6.45) is -0.152. The van der Waals surface area contributed by atoms with Crippen molar-refractivity contribution in [2.24, 2.45) is 0 Å². The third-order valence-corrected chi connectivity index (χ3v) is 8.44. The molecular weight excluding hydrogens is 565 g/mol. The quantitative estimate of drug-likeness (QED) is 0.194. The molecule has 0 fully saturated rings. The minimum atomic E-state index is -4.46. The summed E-state index contributed by atoms with van der Waals surface area (Å²) in [6, 6.07) is 22.1. The highest BCUT2D eigenvalue weighted by atomic mass is 19.4. The second kappa shape index (κ2) is 11.6. The molecule has 0 saturated heterocycles. The molecule has 5 nitrogen and oxygen atoms in total. The van der Waals surface area contributed by atoms with Gasteiger partial charge in [-0.15, -0.1) is 0 Å². The molecule has 4 aromatic carbocycles. The molecule has 0 aliphatic carbocycles. The minimum Gasteiger partial charge on any atom is -0.456 e. The number of nitrogens with one attached hydrogen (secondary N) is 1. The first-order chi connectivity index (χ1) is 21.2. The van der Waals surface area contributed by atoms with Crippen LogP contribution in [-0.2, 0) is 16.5 Å². The average Bonchev–Trinajstić information content (AvgIpc) is 3.30. The van der Waals surface area contributed by atoms with Crippen LogP contribution >= 0.6 is 0 Å². The maximum Gasteiger partial charge on any atom is 0.416 e. The summed E-state index contributed by atoms with van der Waals surface area (Å²) in [5, 5.41) is 3.16. The van der Waals surface area contributed by atoms with Crippen LogP contribution in [0.4, 0.5) is 30.2 Å². The predicted octanol–water partition coefficient (Wildman–Crippen LogP) is 9.73. The van der Waals surface area contributed by atoms with Gasteiger partial charge in [-0.3, -0.25) is 0 Å². The normalized spacial score (nSPS) is 16.5. The molecule has 0 bridgehead atoms. The lowest BCUT2D eigenvalue weighted by molar-refractivity contribution is -0.137. The number of ether oxygens (including phenoxy) is 2. The van der Waals surface area contributed by atoms with E-state index in [9.17, 15) is 18.0 Å². The van der Waals surface area contributed by atoms with E-state index in [2.05, 4.69) is 30.1 Å². The van der Waals surface area contributed by atoms with Gasteiger partial charge < -0.3 is 19.7 Å². The molecule has 2 heterocycles. The van der Waals surface area contributed by atoms with Crippen molar-refractivity contribution in [1.29, 1.82) is 0 Å². The highest BCUT2D eigenvalue weighted by Crippen LogP contribution is 2.57. The summed E-state index contributed by atoms with van der Waals surface area (Å²) in [7, 11) is 0. The van der Waals surface area contributed by atoms with Gasteiger partial charge in [-0.05, 0) is 73.9 Å². The van der Waals surface area contributed by atoms with Crippen molar-refractivity contribution in [3.8, 4) is 11.5 Å². The molecule has 1 unspecified atom stereocenters. The van der Waals surface area contributed by atoms with Gasteiger partial charge in [0.25, 0.3) is 0 Å². The third-order valence-electron chi connectivity index (χ3n) is 8.44. The van der Waals surface area contributed by atoms with E-state index in [1.54, 1.807) is 18.2 Å². The lowest BCUT2D eigenvalue weighted by atomic mass is 9.77. The van der Waals surface area contributed by atoms with Crippen molar-refractivity contribution in [3.63, 3.8) is 0 Å². The van der Waals surface area contributed by atoms with Crippen LogP contribution in [0.25, 0.3) is 0 Å². The molecule has 0 saturated carbocycles. The smallest absolute Gasteiger partial charge is 0.416 e. The van der Waals surface area contributed by atoms with Crippen LogP contribution in [0.2, 0.25) is 0 Å². The number of carbonyl (C=O) groups excluding carboxylic acids is 1. The number of anilines is 3. The molecule has 228 valence electrons. The minimum absolute atomic E-state index is 0.293. The molecule has 2 aliphatic heterocycles. The number of aryl methyl sites for hydroxylation is 1. The van der Waals surface area contributed by atoms with E-state index >= 15 is 0 Å². The molecular formula is C36H35F3N2O3. The number of rotatable bonds is 9. The van der Waals surface area contributed by atoms with E-state index < -0.39 is 23.3 Å². The first kappa shape index (κ1) is 29.6. The van der Waals surface area contributed by atoms with Gasteiger partial charge in [-0.1, -0.05) is 51.0 Å². The Labute approximate surface area is 255 Å². The van der Waals surface area contributed by atoms with E-state index in [4.69, 9.17) is 9.47 Å². The SMILES string of the molecule is CCCCN(CCCC)c1ccc2c(c1)Oc1cc(C)c(Nc3cccc(C(F)(F)F)c3)cc1C21OC(=O)c2ccccc21. The third kappa shape index (κ3) is 5.16. The predicted molar refractivity (Wildman–Crippen MR) is 166 cm³/mol. The summed E-state index contributed by atoms with van der Waals surface area (Å²) in [5.41, 5.74) is 3.12. The summed E-state index contributed by atoms with van der Waals surface area (Å²) >= 11 is 0. The molecule has 0 radical (unpaired) electrons. The van der Waals surface area contributed by atoms with Crippen molar-refractivity contribution in [3.05, 3.63) is 112 Å². The Bertz CT molecular complexity index is 1710. The van der Waals surface area contributed by atoms with Crippen LogP contribution in [0.5, 0.6) is 11.5 Å². The summed E-state index contributed by atoms with van der Waals surface area (Å²) in [4.78, 5) is 15.7. The summed E-state index contributed by atoms with van der Waals surface area (Å²) in [6.45, 7) is 8.08. The highest BCUT2D eigenvalue weighted by Gasteiger charge is 2.53. The Balaban J connectivity index is 1.49.